The van der Waals surface area contributed by atoms with Crippen molar-refractivity contribution in [3.05, 3.63) is 70.2 Å². The van der Waals surface area contributed by atoms with Crippen molar-refractivity contribution in [2.45, 2.75) is 13.8 Å². The molecule has 0 aliphatic rings. The number of nitrogens with one attached hydrogen (secondary N) is 4. The molecule has 4 N–H and O–H groups in total. The molecule has 0 fully saturated rings. The molecular formula is C22H24Cl2N10. The highest BCUT2D eigenvalue weighted by atomic mass is 35.5. The Labute approximate surface area is 207 Å². The maximum absolute atomic E-state index is 5.65. The summed E-state index contributed by atoms with van der Waals surface area (Å²) >= 11 is 11.3. The largest absolute Gasteiger partial charge is 0.357 e. The molecule has 0 bridgehead atoms. The lowest BCUT2D eigenvalue weighted by Gasteiger charge is -2.08. The van der Waals surface area contributed by atoms with E-state index >= 15 is 0 Å². The van der Waals surface area contributed by atoms with Gasteiger partial charge in [-0.1, -0.05) is 35.4 Å². The molecule has 10 nitrogen and oxygen atoms in total. The Morgan fingerprint density at radius 2 is 0.853 bits per heavy atom. The second-order valence-electron chi connectivity index (χ2n) is 6.99. The summed E-state index contributed by atoms with van der Waals surface area (Å²) in [6.07, 6.45) is 0. The van der Waals surface area contributed by atoms with Gasteiger partial charge in [-0.3, -0.25) is 0 Å². The van der Waals surface area contributed by atoms with Crippen molar-refractivity contribution in [3.8, 4) is 0 Å². The van der Waals surface area contributed by atoms with Gasteiger partial charge in [0.1, 0.15) is 0 Å². The van der Waals surface area contributed by atoms with Gasteiger partial charge in [-0.05, 0) is 61.3 Å². The summed E-state index contributed by atoms with van der Waals surface area (Å²) in [4.78, 5) is 24.1. The van der Waals surface area contributed by atoms with Gasteiger partial charge < -0.3 is 21.3 Å². The molecule has 2 heterocycles. The van der Waals surface area contributed by atoms with Crippen LogP contribution in [0.4, 0.5) is 35.2 Å². The smallest absolute Gasteiger partial charge is 0.233 e. The number of benzene rings is 2. The lowest BCUT2D eigenvalue weighted by Crippen LogP contribution is -2.07. The second-order valence-corrected chi connectivity index (χ2v) is 7.66. The highest BCUT2D eigenvalue weighted by Crippen LogP contribution is 2.17. The van der Waals surface area contributed by atoms with E-state index < -0.39 is 0 Å². The van der Waals surface area contributed by atoms with E-state index in [0.29, 0.717) is 23.8 Å². The minimum absolute atomic E-state index is 0.0645. The lowest BCUT2D eigenvalue weighted by molar-refractivity contribution is 1.05. The van der Waals surface area contributed by atoms with E-state index in [-0.39, 0.29) is 10.6 Å². The Morgan fingerprint density at radius 3 is 1.24 bits per heavy atom. The summed E-state index contributed by atoms with van der Waals surface area (Å²) in [7, 11) is 3.54. The van der Waals surface area contributed by atoms with Gasteiger partial charge in [-0.2, -0.15) is 29.9 Å². The maximum Gasteiger partial charge on any atom is 0.233 e. The van der Waals surface area contributed by atoms with E-state index in [4.69, 9.17) is 23.2 Å². The molecule has 0 unspecified atom stereocenters. The van der Waals surface area contributed by atoms with E-state index in [0.717, 1.165) is 11.4 Å². The number of hydrogen-bond acceptors (Lipinski definition) is 10. The molecule has 2 aromatic carbocycles. The third kappa shape index (κ3) is 7.68. The van der Waals surface area contributed by atoms with Crippen LogP contribution in [0, 0.1) is 13.8 Å². The summed E-state index contributed by atoms with van der Waals surface area (Å²) < 4.78 is 0. The van der Waals surface area contributed by atoms with Crippen LogP contribution in [0.1, 0.15) is 11.1 Å². The van der Waals surface area contributed by atoms with Crippen LogP contribution in [0.15, 0.2) is 48.5 Å². The molecule has 0 saturated carbocycles. The van der Waals surface area contributed by atoms with Crippen molar-refractivity contribution in [2.24, 2.45) is 0 Å². The van der Waals surface area contributed by atoms with Crippen molar-refractivity contribution < 1.29 is 0 Å². The van der Waals surface area contributed by atoms with Gasteiger partial charge in [-0.25, -0.2) is 0 Å². The van der Waals surface area contributed by atoms with Crippen LogP contribution in [-0.4, -0.2) is 44.0 Å². The van der Waals surface area contributed by atoms with Crippen LogP contribution in [0.5, 0.6) is 0 Å². The monoisotopic (exact) mass is 498 g/mol. The first kappa shape index (κ1) is 24.9. The predicted octanol–water partition coefficient (Wildman–Crippen LogP) is 5.24. The molecule has 0 saturated heterocycles. The normalized spacial score (nSPS) is 10.1. The molecule has 176 valence electrons. The summed E-state index contributed by atoms with van der Waals surface area (Å²) in [6, 6.07) is 15.8. The topological polar surface area (TPSA) is 125 Å². The number of aromatic nitrogens is 6. The predicted molar refractivity (Wildman–Crippen MR) is 138 cm³/mol. The first-order valence-corrected chi connectivity index (χ1v) is 11.0. The highest BCUT2D eigenvalue weighted by molar-refractivity contribution is 6.31. The average molecular weight is 499 g/mol. The fraction of sp³-hybridized carbons (Fsp3) is 0.182. The Kier molecular flexibility index (Phi) is 8.72. The second kappa shape index (κ2) is 11.9. The van der Waals surface area contributed by atoms with E-state index in [2.05, 4.69) is 51.2 Å². The summed E-state index contributed by atoms with van der Waals surface area (Å²) in [5.41, 5.74) is 4.19. The minimum atomic E-state index is 0.0645. The van der Waals surface area contributed by atoms with E-state index in [1.165, 1.54) is 11.1 Å². The van der Waals surface area contributed by atoms with Crippen molar-refractivity contribution in [2.75, 3.05) is 35.4 Å². The SMILES string of the molecule is CNc1nc(NC)nc(Nc2ccc(C)cc2)n1.Cc1ccc(Nc2nc(Cl)nc(Cl)n2)cc1. The lowest BCUT2D eigenvalue weighted by atomic mass is 10.2. The standard InChI is InChI=1S/C12H16N6.C10H8Cl2N4/c1-8-4-6-9(7-5-8)15-12-17-10(13-2)16-11(14-3)18-12;1-6-2-4-7(5-3-6)13-10-15-8(11)14-9(12)16-10/h4-7H,1-3H3,(H3,13,14,15,16,17,18);2-5H,1H3,(H,13,14,15,16). The number of nitrogens with zero attached hydrogens (tertiary/aromatic N) is 6. The molecule has 0 aliphatic heterocycles. The minimum Gasteiger partial charge on any atom is -0.357 e. The Bertz CT molecular complexity index is 1180. The van der Waals surface area contributed by atoms with Crippen LogP contribution in [0.2, 0.25) is 10.6 Å². The van der Waals surface area contributed by atoms with Gasteiger partial charge in [0.15, 0.2) is 0 Å². The summed E-state index contributed by atoms with van der Waals surface area (Å²) in [6.45, 7) is 4.06. The van der Waals surface area contributed by atoms with Crippen molar-refractivity contribution in [1.82, 2.24) is 29.9 Å². The molecule has 2 aromatic heterocycles. The third-order valence-electron chi connectivity index (χ3n) is 4.28. The molecular weight excluding hydrogens is 475 g/mol. The number of rotatable bonds is 6. The van der Waals surface area contributed by atoms with Crippen LogP contribution in [0.25, 0.3) is 0 Å². The first-order valence-electron chi connectivity index (χ1n) is 10.2. The van der Waals surface area contributed by atoms with Gasteiger partial charge >= 0.3 is 0 Å². The van der Waals surface area contributed by atoms with Crippen LogP contribution in [-0.2, 0) is 0 Å². The van der Waals surface area contributed by atoms with Crippen molar-refractivity contribution in [1.29, 1.82) is 0 Å². The van der Waals surface area contributed by atoms with E-state index in [1.54, 1.807) is 14.1 Å². The van der Waals surface area contributed by atoms with E-state index in [9.17, 15) is 0 Å². The zero-order valence-electron chi connectivity index (χ0n) is 19.1. The fourth-order valence-corrected chi connectivity index (χ4v) is 2.93. The number of hydrogen-bond donors (Lipinski definition) is 4. The van der Waals surface area contributed by atoms with Crippen LogP contribution in [0.3, 0.4) is 0 Å². The summed E-state index contributed by atoms with van der Waals surface area (Å²) in [5.74, 6) is 1.87. The van der Waals surface area contributed by atoms with E-state index in [1.807, 2.05) is 62.4 Å². The quantitative estimate of drug-likeness (QED) is 0.280. The Morgan fingerprint density at radius 1 is 0.500 bits per heavy atom. The zero-order valence-corrected chi connectivity index (χ0v) is 20.6. The van der Waals surface area contributed by atoms with Gasteiger partial charge in [0.2, 0.25) is 34.4 Å². The number of halogens is 2. The molecule has 4 rings (SSSR count). The van der Waals surface area contributed by atoms with Gasteiger partial charge in [0.05, 0.1) is 0 Å². The first-order chi connectivity index (χ1) is 16.3. The maximum atomic E-state index is 5.65. The zero-order chi connectivity index (χ0) is 24.5. The number of aryl methyl sites for hydroxylation is 2. The number of anilines is 6. The summed E-state index contributed by atoms with van der Waals surface area (Å²) in [5, 5.41) is 12.0. The van der Waals surface area contributed by atoms with Crippen molar-refractivity contribution >= 4 is 58.4 Å². The highest BCUT2D eigenvalue weighted by Gasteiger charge is 2.05. The van der Waals surface area contributed by atoms with Gasteiger partial charge in [0.25, 0.3) is 0 Å². The average Bonchev–Trinajstić information content (AvgIpc) is 2.81. The van der Waals surface area contributed by atoms with Gasteiger partial charge in [0, 0.05) is 25.5 Å². The Hall–Kier alpha value is -3.76. The molecule has 0 aliphatic carbocycles. The van der Waals surface area contributed by atoms with Gasteiger partial charge in [-0.15, -0.1) is 0 Å². The molecule has 0 spiro atoms. The molecule has 0 amide bonds. The Balaban J connectivity index is 0.000000192. The van der Waals surface area contributed by atoms with Crippen LogP contribution >= 0.6 is 23.2 Å². The fourth-order valence-electron chi connectivity index (χ4n) is 2.57. The molecule has 34 heavy (non-hydrogen) atoms. The molecule has 4 aromatic rings. The molecule has 0 atom stereocenters. The third-order valence-corrected chi connectivity index (χ3v) is 4.62. The van der Waals surface area contributed by atoms with Crippen molar-refractivity contribution in [3.63, 3.8) is 0 Å². The van der Waals surface area contributed by atoms with Crippen LogP contribution < -0.4 is 21.3 Å². The molecule has 0 radical (unpaired) electrons. The molecule has 12 heteroatoms.